The number of rotatable bonds is 8. The molecule has 0 spiro atoms. The normalized spacial score (nSPS) is 36.5. The van der Waals surface area contributed by atoms with Gasteiger partial charge in [-0.05, 0) is 0 Å². The molecule has 1 aliphatic carbocycles. The average Bonchev–Trinajstić information content (AvgIpc) is 2.41. The minimum absolute atomic E-state index is 2.28. The summed E-state index contributed by atoms with van der Waals surface area (Å²) < 4.78 is 59.5. The molecule has 10 N–H and O–H groups in total. The lowest BCUT2D eigenvalue weighted by Gasteiger charge is -2.43. The van der Waals surface area contributed by atoms with Crippen LogP contribution in [0, 0.1) is 0 Å². The number of phosphoric acid groups is 4. The topological polar surface area (TPSA) is 308 Å². The molecule has 22 heteroatoms. The summed E-state index contributed by atoms with van der Waals surface area (Å²) >= 11 is 0. The first-order valence-corrected chi connectivity index (χ1v) is 12.6. The maximum absolute atomic E-state index is 11.8. The van der Waals surface area contributed by atoms with Crippen LogP contribution in [0.2, 0.25) is 0 Å². The van der Waals surface area contributed by atoms with Crippen molar-refractivity contribution in [2.45, 2.75) is 36.6 Å². The minimum atomic E-state index is -5.98. The second-order valence-corrected chi connectivity index (χ2v) is 10.7. The zero-order chi connectivity index (χ0) is 22.3. The van der Waals surface area contributed by atoms with E-state index >= 15 is 0 Å². The van der Waals surface area contributed by atoms with Crippen LogP contribution >= 0.6 is 31.3 Å². The van der Waals surface area contributed by atoms with Crippen molar-refractivity contribution in [2.24, 2.45) is 0 Å². The Kier molecular flexibility index (Phi) is 8.34. The van der Waals surface area contributed by atoms with Gasteiger partial charge in [-0.1, -0.05) is 0 Å². The molecule has 1 saturated carbocycles. The predicted octanol–water partition coefficient (Wildman–Crippen LogP) is -3.37. The van der Waals surface area contributed by atoms with Gasteiger partial charge in [0.05, 0.1) is 0 Å². The van der Waals surface area contributed by atoms with Crippen molar-refractivity contribution >= 4 is 31.3 Å². The minimum Gasteiger partial charge on any atom is -0.387 e. The summed E-state index contributed by atoms with van der Waals surface area (Å²) in [5.41, 5.74) is 0. The zero-order valence-corrected chi connectivity index (χ0v) is 16.6. The second-order valence-electron chi connectivity index (χ2n) is 5.18. The molecule has 0 aromatic carbocycles. The lowest BCUT2D eigenvalue weighted by molar-refractivity contribution is -0.215. The fourth-order valence-electron chi connectivity index (χ4n) is 2.04. The van der Waals surface area contributed by atoms with Gasteiger partial charge in [0.15, 0.2) is 0 Å². The number of aliphatic hydroxyl groups is 4. The molecule has 0 aromatic rings. The van der Waals surface area contributed by atoms with E-state index in [1.54, 1.807) is 0 Å². The maximum Gasteiger partial charge on any atom is 0.490 e. The lowest BCUT2D eigenvalue weighted by Crippen LogP contribution is -2.64. The first-order valence-electron chi connectivity index (χ1n) is 6.53. The summed E-state index contributed by atoms with van der Waals surface area (Å²) in [7, 11) is -23.2. The van der Waals surface area contributed by atoms with Crippen molar-refractivity contribution in [3.05, 3.63) is 0 Å². The van der Waals surface area contributed by atoms with Crippen molar-refractivity contribution in [1.29, 1.82) is 0 Å². The van der Waals surface area contributed by atoms with Gasteiger partial charge in [0, 0.05) is 0 Å². The van der Waals surface area contributed by atoms with Crippen LogP contribution in [0.5, 0.6) is 0 Å². The molecule has 0 radical (unpaired) electrons. The third kappa shape index (κ3) is 7.89. The van der Waals surface area contributed by atoms with E-state index in [0.29, 0.717) is 0 Å². The molecule has 0 bridgehead atoms. The molecule has 1 aliphatic rings. The highest BCUT2D eigenvalue weighted by molar-refractivity contribution is 7.66. The van der Waals surface area contributed by atoms with Gasteiger partial charge in [-0.2, -0.15) is 8.62 Å². The molecule has 0 heterocycles. The SMILES string of the molecule is O=P(O)(O)OC1C(O)C(O)C(O)C(O)C1OP(=O)(O)OP(=O)(O)OP(=O)(O)O. The fraction of sp³-hybridized carbons (Fsp3) is 1.00. The highest BCUT2D eigenvalue weighted by atomic mass is 31.3. The van der Waals surface area contributed by atoms with E-state index in [1.165, 1.54) is 0 Å². The molecule has 0 aliphatic heterocycles. The van der Waals surface area contributed by atoms with Crippen LogP contribution in [0.25, 0.3) is 0 Å². The summed E-state index contributed by atoms with van der Waals surface area (Å²) in [5.74, 6) is 0. The Labute approximate surface area is 154 Å². The average molecular weight is 500 g/mol. The van der Waals surface area contributed by atoms with Gasteiger partial charge in [0.2, 0.25) is 0 Å². The number of hydrogen-bond donors (Lipinski definition) is 10. The largest absolute Gasteiger partial charge is 0.490 e. The Bertz CT molecular complexity index is 738. The van der Waals surface area contributed by atoms with Gasteiger partial charge in [-0.25, -0.2) is 18.3 Å². The monoisotopic (exact) mass is 500 g/mol. The Hall–Kier alpha value is 0.360. The third-order valence-electron chi connectivity index (χ3n) is 2.98. The van der Waals surface area contributed by atoms with E-state index in [2.05, 4.69) is 17.7 Å². The Morgan fingerprint density at radius 1 is 0.500 bits per heavy atom. The summed E-state index contributed by atoms with van der Waals surface area (Å²) in [4.78, 5) is 52.9. The summed E-state index contributed by atoms with van der Waals surface area (Å²) in [6.45, 7) is 0. The second kappa shape index (κ2) is 8.85. The maximum atomic E-state index is 11.8. The van der Waals surface area contributed by atoms with Crippen LogP contribution in [0.3, 0.4) is 0 Å². The van der Waals surface area contributed by atoms with Gasteiger partial charge in [-0.15, -0.1) is 0 Å². The molecule has 0 saturated heterocycles. The van der Waals surface area contributed by atoms with E-state index < -0.39 is 67.9 Å². The van der Waals surface area contributed by atoms with Crippen molar-refractivity contribution in [3.63, 3.8) is 0 Å². The standard InChI is InChI=1S/C6H16O18P4/c7-1-2(8)4(10)6(5(3(1)9)21-25(11,12)13)22-27(17,18)24-28(19,20)23-26(14,15)16/h1-10H,(H,17,18)(H,19,20)(H2,11,12,13)(H2,14,15,16). The van der Waals surface area contributed by atoms with Gasteiger partial charge >= 0.3 is 31.3 Å². The Balaban J connectivity index is 3.14. The number of phosphoric ester groups is 2. The molecule has 0 amide bonds. The van der Waals surface area contributed by atoms with Crippen molar-refractivity contribution in [3.8, 4) is 0 Å². The Morgan fingerprint density at radius 2 is 0.893 bits per heavy atom. The summed E-state index contributed by atoms with van der Waals surface area (Å²) in [5, 5.41) is 38.6. The first-order chi connectivity index (χ1) is 12.2. The van der Waals surface area contributed by atoms with Crippen LogP contribution in [0.1, 0.15) is 0 Å². The number of aliphatic hydroxyl groups excluding tert-OH is 4. The number of hydrogen-bond acceptors (Lipinski definition) is 12. The zero-order valence-electron chi connectivity index (χ0n) is 13.0. The van der Waals surface area contributed by atoms with E-state index in [4.69, 9.17) is 24.5 Å². The molecule has 8 unspecified atom stereocenters. The molecule has 168 valence electrons. The van der Waals surface area contributed by atoms with Crippen LogP contribution in [0.4, 0.5) is 0 Å². The van der Waals surface area contributed by atoms with Crippen molar-refractivity contribution in [2.75, 3.05) is 0 Å². The predicted molar refractivity (Wildman–Crippen MR) is 79.7 cm³/mol. The molecule has 1 fully saturated rings. The lowest BCUT2D eigenvalue weighted by atomic mass is 9.85. The quantitative estimate of drug-likeness (QED) is 0.145. The van der Waals surface area contributed by atoms with Crippen LogP contribution in [-0.4, -0.2) is 86.4 Å². The van der Waals surface area contributed by atoms with Crippen LogP contribution in [-0.2, 0) is 35.9 Å². The van der Waals surface area contributed by atoms with E-state index in [9.17, 15) is 43.6 Å². The van der Waals surface area contributed by atoms with Gasteiger partial charge in [-0.3, -0.25) is 9.05 Å². The van der Waals surface area contributed by atoms with Gasteiger partial charge in [0.1, 0.15) is 36.6 Å². The van der Waals surface area contributed by atoms with Gasteiger partial charge in [0.25, 0.3) is 0 Å². The third-order valence-corrected chi connectivity index (χ3v) is 7.33. The highest BCUT2D eigenvalue weighted by Gasteiger charge is 2.55. The molecule has 0 aromatic heterocycles. The van der Waals surface area contributed by atoms with Gasteiger partial charge < -0.3 is 49.8 Å². The first kappa shape index (κ1) is 26.4. The van der Waals surface area contributed by atoms with Crippen LogP contribution in [0.15, 0.2) is 0 Å². The smallest absolute Gasteiger partial charge is 0.387 e. The molecule has 18 nitrogen and oxygen atoms in total. The van der Waals surface area contributed by atoms with E-state index in [1.807, 2.05) is 0 Å². The molecule has 1 rings (SSSR count). The van der Waals surface area contributed by atoms with E-state index in [-0.39, 0.29) is 0 Å². The van der Waals surface area contributed by atoms with Crippen molar-refractivity contribution in [1.82, 2.24) is 0 Å². The van der Waals surface area contributed by atoms with Crippen LogP contribution < -0.4 is 0 Å². The molecule has 28 heavy (non-hydrogen) atoms. The van der Waals surface area contributed by atoms with E-state index in [0.717, 1.165) is 0 Å². The molecule has 8 atom stereocenters. The molecular formula is C6H16O18P4. The highest BCUT2D eigenvalue weighted by Crippen LogP contribution is 2.67. The summed E-state index contributed by atoms with van der Waals surface area (Å²) in [6.07, 6.45) is -14.6. The Morgan fingerprint density at radius 3 is 1.25 bits per heavy atom. The molecular weight excluding hydrogens is 484 g/mol. The summed E-state index contributed by atoms with van der Waals surface area (Å²) in [6, 6.07) is 0. The fourth-order valence-corrected chi connectivity index (χ4v) is 5.81. The van der Waals surface area contributed by atoms with Crippen molar-refractivity contribution < 1.29 is 85.7 Å².